The molecule has 1 amide bonds. The van der Waals surface area contributed by atoms with Crippen molar-refractivity contribution in [2.75, 3.05) is 18.1 Å². The molecule has 6 nitrogen and oxygen atoms in total. The van der Waals surface area contributed by atoms with Crippen LogP contribution >= 0.6 is 0 Å². The number of benzene rings is 2. The zero-order valence-electron chi connectivity index (χ0n) is 15.5. The third-order valence-corrected chi connectivity index (χ3v) is 4.27. The van der Waals surface area contributed by atoms with Crippen LogP contribution in [-0.4, -0.2) is 30.9 Å². The molecule has 0 N–H and O–H groups in total. The maximum Gasteiger partial charge on any atom is 0.271 e. The lowest BCUT2D eigenvalue weighted by Crippen LogP contribution is -2.40. The first-order chi connectivity index (χ1) is 13.6. The molecule has 0 aliphatic carbocycles. The van der Waals surface area contributed by atoms with E-state index in [-0.39, 0.29) is 31.1 Å². The van der Waals surface area contributed by atoms with Crippen LogP contribution in [0.3, 0.4) is 0 Å². The second kappa shape index (κ2) is 9.00. The van der Waals surface area contributed by atoms with Crippen molar-refractivity contribution in [2.24, 2.45) is 5.16 Å². The molecule has 0 aromatic heterocycles. The van der Waals surface area contributed by atoms with Gasteiger partial charge in [-0.15, -0.1) is 0 Å². The molecule has 0 saturated heterocycles. The molecule has 7 heteroatoms. The summed E-state index contributed by atoms with van der Waals surface area (Å²) in [5.41, 5.74) is 1.75. The molecule has 1 aliphatic heterocycles. The molecule has 3 rings (SSSR count). The number of rotatable bonds is 7. The maximum atomic E-state index is 13.4. The van der Waals surface area contributed by atoms with Gasteiger partial charge < -0.3 is 14.5 Å². The van der Waals surface area contributed by atoms with Crippen molar-refractivity contribution in [1.29, 1.82) is 5.26 Å². The molecule has 144 valence electrons. The molecule has 1 unspecified atom stereocenters. The van der Waals surface area contributed by atoms with Gasteiger partial charge in [-0.3, -0.25) is 4.79 Å². The zero-order valence-corrected chi connectivity index (χ0v) is 15.5. The number of anilines is 1. The second-order valence-electron chi connectivity index (χ2n) is 6.17. The van der Waals surface area contributed by atoms with Gasteiger partial charge in [0.05, 0.1) is 24.8 Å². The van der Waals surface area contributed by atoms with Gasteiger partial charge in [-0.25, -0.2) is 4.39 Å². The summed E-state index contributed by atoms with van der Waals surface area (Å²) < 4.78 is 18.9. The average Bonchev–Trinajstić information content (AvgIpc) is 3.20. The lowest BCUT2D eigenvalue weighted by atomic mass is 10.0. The summed E-state index contributed by atoms with van der Waals surface area (Å²) in [5.74, 6) is 0.0300. The first-order valence-corrected chi connectivity index (χ1v) is 9.02. The lowest BCUT2D eigenvalue weighted by Gasteiger charge is -2.24. The van der Waals surface area contributed by atoms with Crippen molar-refractivity contribution < 1.29 is 18.8 Å². The molecule has 0 saturated carbocycles. The van der Waals surface area contributed by atoms with Gasteiger partial charge >= 0.3 is 0 Å². The highest BCUT2D eigenvalue weighted by atomic mass is 19.1. The predicted molar refractivity (Wildman–Crippen MR) is 103 cm³/mol. The number of nitrogens with zero attached hydrogens (tertiary/aromatic N) is 3. The van der Waals surface area contributed by atoms with Crippen LogP contribution in [0.5, 0.6) is 5.75 Å². The Bertz CT molecular complexity index is 906. The molecule has 1 atom stereocenters. The molecular formula is C21H20FN3O3. The zero-order chi connectivity index (χ0) is 19.9. The Kier molecular flexibility index (Phi) is 6.22. The molecular weight excluding hydrogens is 361 g/mol. The number of oxime groups is 1. The summed E-state index contributed by atoms with van der Waals surface area (Å²) in [7, 11) is 0. The lowest BCUT2D eigenvalue weighted by molar-refractivity contribution is -0.128. The largest absolute Gasteiger partial charge is 0.494 e. The van der Waals surface area contributed by atoms with Gasteiger partial charge in [-0.1, -0.05) is 17.3 Å². The van der Waals surface area contributed by atoms with E-state index in [1.807, 2.05) is 6.92 Å². The summed E-state index contributed by atoms with van der Waals surface area (Å²) in [6.07, 6.45) is -0.394. The second-order valence-corrected chi connectivity index (χ2v) is 6.17. The number of amides is 1. The Labute approximate surface area is 162 Å². The van der Waals surface area contributed by atoms with Gasteiger partial charge in [0.2, 0.25) is 6.10 Å². The van der Waals surface area contributed by atoms with E-state index in [9.17, 15) is 9.18 Å². The summed E-state index contributed by atoms with van der Waals surface area (Å²) in [4.78, 5) is 19.9. The van der Waals surface area contributed by atoms with E-state index in [1.54, 1.807) is 36.4 Å². The Morgan fingerprint density at radius 2 is 2.14 bits per heavy atom. The molecule has 28 heavy (non-hydrogen) atoms. The highest BCUT2D eigenvalue weighted by molar-refractivity contribution is 6.06. The molecule has 0 fully saturated rings. The van der Waals surface area contributed by atoms with E-state index in [0.717, 1.165) is 0 Å². The van der Waals surface area contributed by atoms with Gasteiger partial charge in [0.15, 0.2) is 0 Å². The molecule has 1 heterocycles. The van der Waals surface area contributed by atoms with Crippen molar-refractivity contribution in [2.45, 2.75) is 25.9 Å². The fourth-order valence-corrected chi connectivity index (χ4v) is 2.94. The number of ether oxygens (including phenoxy) is 1. The predicted octanol–water partition coefficient (Wildman–Crippen LogP) is 3.66. The van der Waals surface area contributed by atoms with Crippen molar-refractivity contribution >= 4 is 17.3 Å². The first kappa shape index (κ1) is 19.4. The molecule has 0 bridgehead atoms. The van der Waals surface area contributed by atoms with Crippen LogP contribution in [-0.2, 0) is 9.63 Å². The Balaban J connectivity index is 1.74. The summed E-state index contributed by atoms with van der Waals surface area (Å²) in [6.45, 7) is 2.68. The SMILES string of the molecule is CCOc1ccc(N(CCC#N)C(=O)C2CC(c3cccc(F)c3)=NO2)cc1. The van der Waals surface area contributed by atoms with E-state index in [4.69, 9.17) is 14.8 Å². The van der Waals surface area contributed by atoms with Crippen LogP contribution in [0.25, 0.3) is 0 Å². The molecule has 2 aromatic rings. The summed E-state index contributed by atoms with van der Waals surface area (Å²) >= 11 is 0. The van der Waals surface area contributed by atoms with Crippen molar-refractivity contribution in [3.05, 3.63) is 59.9 Å². The minimum atomic E-state index is -0.816. The Morgan fingerprint density at radius 3 is 2.82 bits per heavy atom. The maximum absolute atomic E-state index is 13.4. The fourth-order valence-electron chi connectivity index (χ4n) is 2.94. The van der Waals surface area contributed by atoms with Gasteiger partial charge in [0.1, 0.15) is 11.6 Å². The van der Waals surface area contributed by atoms with E-state index < -0.39 is 6.10 Å². The topological polar surface area (TPSA) is 74.9 Å². The molecule has 1 aliphatic rings. The van der Waals surface area contributed by atoms with Crippen molar-refractivity contribution in [3.8, 4) is 11.8 Å². The fraction of sp³-hybridized carbons (Fsp3) is 0.286. The number of carbonyl (C=O) groups excluding carboxylic acids is 1. The van der Waals surface area contributed by atoms with Gasteiger partial charge in [-0.05, 0) is 43.3 Å². The van der Waals surface area contributed by atoms with E-state index in [1.165, 1.54) is 17.0 Å². The van der Waals surface area contributed by atoms with Gasteiger partial charge in [0.25, 0.3) is 5.91 Å². The number of nitriles is 1. The van der Waals surface area contributed by atoms with E-state index in [2.05, 4.69) is 11.2 Å². The van der Waals surface area contributed by atoms with Crippen LogP contribution in [0.2, 0.25) is 0 Å². The average molecular weight is 381 g/mol. The van der Waals surface area contributed by atoms with Crippen molar-refractivity contribution in [1.82, 2.24) is 0 Å². The number of hydrogen-bond donors (Lipinski definition) is 0. The van der Waals surface area contributed by atoms with Crippen LogP contribution in [0.1, 0.15) is 25.3 Å². The van der Waals surface area contributed by atoms with Crippen LogP contribution in [0.4, 0.5) is 10.1 Å². The highest BCUT2D eigenvalue weighted by Crippen LogP contribution is 2.24. The van der Waals surface area contributed by atoms with Crippen LogP contribution in [0, 0.1) is 17.1 Å². The minimum absolute atomic E-state index is 0.184. The number of carbonyl (C=O) groups is 1. The minimum Gasteiger partial charge on any atom is -0.494 e. The third-order valence-electron chi connectivity index (χ3n) is 4.27. The van der Waals surface area contributed by atoms with Gasteiger partial charge in [-0.2, -0.15) is 5.26 Å². The summed E-state index contributed by atoms with van der Waals surface area (Å²) in [6, 6.07) is 15.1. The van der Waals surface area contributed by atoms with E-state index in [0.29, 0.717) is 29.3 Å². The summed E-state index contributed by atoms with van der Waals surface area (Å²) in [5, 5.41) is 12.9. The molecule has 2 aromatic carbocycles. The Morgan fingerprint density at radius 1 is 1.36 bits per heavy atom. The van der Waals surface area contributed by atoms with Crippen molar-refractivity contribution in [3.63, 3.8) is 0 Å². The smallest absolute Gasteiger partial charge is 0.271 e. The normalized spacial score (nSPS) is 15.3. The van der Waals surface area contributed by atoms with Crippen LogP contribution in [0.15, 0.2) is 53.7 Å². The molecule has 0 spiro atoms. The highest BCUT2D eigenvalue weighted by Gasteiger charge is 2.33. The van der Waals surface area contributed by atoms with Crippen LogP contribution < -0.4 is 9.64 Å². The third kappa shape index (κ3) is 4.46. The monoisotopic (exact) mass is 381 g/mol. The quantitative estimate of drug-likeness (QED) is 0.733. The number of halogens is 1. The van der Waals surface area contributed by atoms with Gasteiger partial charge in [0, 0.05) is 24.2 Å². The first-order valence-electron chi connectivity index (χ1n) is 9.02. The Hall–Kier alpha value is -3.40. The standard InChI is InChI=1S/C21H20FN3O3/c1-2-27-18-9-7-17(8-10-18)25(12-4-11-23)21(26)20-14-19(24-28-20)15-5-3-6-16(22)13-15/h3,5-10,13,20H,2,4,12,14H2,1H3. The molecule has 0 radical (unpaired) electrons. The number of hydrogen-bond acceptors (Lipinski definition) is 5. The van der Waals surface area contributed by atoms with E-state index >= 15 is 0 Å².